The van der Waals surface area contributed by atoms with E-state index in [1.54, 1.807) is 29.5 Å². The van der Waals surface area contributed by atoms with Crippen LogP contribution in [-0.4, -0.2) is 16.1 Å². The fraction of sp³-hybridized carbons (Fsp3) is 0.176. The average Bonchev–Trinajstić information content (AvgIpc) is 2.90. The number of rotatable bonds is 4. The summed E-state index contributed by atoms with van der Waals surface area (Å²) in [4.78, 5) is 15.6. The number of carboxylic acid groups (broad SMARTS) is 1. The molecule has 0 unspecified atom stereocenters. The molecule has 0 amide bonds. The molecule has 0 bridgehead atoms. The van der Waals surface area contributed by atoms with Crippen molar-refractivity contribution in [3.8, 4) is 0 Å². The highest BCUT2D eigenvalue weighted by molar-refractivity contribution is 7.22. The lowest BCUT2D eigenvalue weighted by atomic mass is 10.1. The van der Waals surface area contributed by atoms with Gasteiger partial charge in [-0.3, -0.25) is 0 Å². The lowest BCUT2D eigenvalue weighted by Crippen LogP contribution is -1.99. The lowest BCUT2D eigenvalue weighted by Gasteiger charge is -2.07. The minimum absolute atomic E-state index is 0.266. The number of benzene rings is 2. The number of fused-ring (bicyclic) bond motifs is 1. The Hall–Kier alpha value is -2.40. The summed E-state index contributed by atoms with van der Waals surface area (Å²) in [6.45, 7) is 4.07. The summed E-state index contributed by atoms with van der Waals surface area (Å²) >= 11 is 1.57. The number of anilines is 2. The third kappa shape index (κ3) is 2.80. The first kappa shape index (κ1) is 14.5. The largest absolute Gasteiger partial charge is 0.478 e. The highest BCUT2D eigenvalue weighted by Gasteiger charge is 2.09. The Morgan fingerprint density at radius 3 is 2.82 bits per heavy atom. The number of nitrogens with zero attached hydrogens (tertiary/aromatic N) is 1. The van der Waals surface area contributed by atoms with Gasteiger partial charge in [0, 0.05) is 5.69 Å². The third-order valence-corrected chi connectivity index (χ3v) is 4.52. The van der Waals surface area contributed by atoms with Crippen LogP contribution in [0.3, 0.4) is 0 Å². The van der Waals surface area contributed by atoms with E-state index in [1.165, 1.54) is 5.56 Å². The number of aromatic carboxylic acids is 1. The highest BCUT2D eigenvalue weighted by atomic mass is 32.1. The maximum absolute atomic E-state index is 11.1. The molecule has 0 aliphatic rings. The van der Waals surface area contributed by atoms with Gasteiger partial charge in [-0.05, 0) is 48.7 Å². The zero-order valence-corrected chi connectivity index (χ0v) is 13.2. The number of nitrogens with one attached hydrogen (secondary N) is 1. The molecule has 112 valence electrons. The molecule has 0 fully saturated rings. The first-order valence-corrected chi connectivity index (χ1v) is 7.89. The van der Waals surface area contributed by atoms with E-state index in [0.717, 1.165) is 33.0 Å². The van der Waals surface area contributed by atoms with Crippen LogP contribution in [0.25, 0.3) is 10.2 Å². The quantitative estimate of drug-likeness (QED) is 0.738. The van der Waals surface area contributed by atoms with Gasteiger partial charge in [0.05, 0.1) is 15.8 Å². The predicted octanol–water partition coefficient (Wildman–Crippen LogP) is 4.61. The molecular weight excluding hydrogens is 296 g/mol. The highest BCUT2D eigenvalue weighted by Crippen LogP contribution is 2.30. The Morgan fingerprint density at radius 1 is 1.27 bits per heavy atom. The van der Waals surface area contributed by atoms with Crippen LogP contribution in [-0.2, 0) is 6.42 Å². The Balaban J connectivity index is 1.96. The Kier molecular flexibility index (Phi) is 3.81. The molecule has 5 heteroatoms. The van der Waals surface area contributed by atoms with Crippen molar-refractivity contribution in [2.24, 2.45) is 0 Å². The van der Waals surface area contributed by atoms with E-state index in [0.29, 0.717) is 0 Å². The number of thiazole rings is 1. The second kappa shape index (κ2) is 5.77. The zero-order valence-electron chi connectivity index (χ0n) is 12.4. The van der Waals surface area contributed by atoms with Gasteiger partial charge < -0.3 is 10.4 Å². The number of hydrogen-bond acceptors (Lipinski definition) is 4. The van der Waals surface area contributed by atoms with Gasteiger partial charge in [-0.2, -0.15) is 0 Å². The molecule has 0 atom stereocenters. The van der Waals surface area contributed by atoms with Crippen molar-refractivity contribution in [2.45, 2.75) is 20.3 Å². The van der Waals surface area contributed by atoms with Crippen LogP contribution in [0.2, 0.25) is 0 Å². The lowest BCUT2D eigenvalue weighted by molar-refractivity contribution is 0.0697. The summed E-state index contributed by atoms with van der Waals surface area (Å²) in [5, 5.41) is 13.1. The number of aryl methyl sites for hydroxylation is 2. The molecule has 0 aliphatic carbocycles. The van der Waals surface area contributed by atoms with E-state index >= 15 is 0 Å². The van der Waals surface area contributed by atoms with Crippen LogP contribution in [0, 0.1) is 6.92 Å². The fourth-order valence-corrected chi connectivity index (χ4v) is 3.19. The summed E-state index contributed by atoms with van der Waals surface area (Å²) < 4.78 is 1.13. The second-order valence-electron chi connectivity index (χ2n) is 5.13. The molecule has 0 aliphatic heterocycles. The van der Waals surface area contributed by atoms with E-state index in [1.807, 2.05) is 13.0 Å². The van der Waals surface area contributed by atoms with Crippen molar-refractivity contribution in [1.82, 2.24) is 4.98 Å². The predicted molar refractivity (Wildman–Crippen MR) is 90.4 cm³/mol. The van der Waals surface area contributed by atoms with Gasteiger partial charge in [0.15, 0.2) is 5.13 Å². The van der Waals surface area contributed by atoms with Crippen LogP contribution < -0.4 is 5.32 Å². The zero-order chi connectivity index (χ0) is 15.7. The van der Waals surface area contributed by atoms with Gasteiger partial charge in [0.2, 0.25) is 0 Å². The maximum atomic E-state index is 11.1. The van der Waals surface area contributed by atoms with Crippen molar-refractivity contribution >= 4 is 38.3 Å². The van der Waals surface area contributed by atoms with Crippen molar-refractivity contribution in [2.75, 3.05) is 5.32 Å². The molecule has 3 aromatic rings. The van der Waals surface area contributed by atoms with Gasteiger partial charge >= 0.3 is 5.97 Å². The fourth-order valence-electron chi connectivity index (χ4n) is 2.25. The van der Waals surface area contributed by atoms with E-state index in [2.05, 4.69) is 29.4 Å². The van der Waals surface area contributed by atoms with Crippen LogP contribution in [0.5, 0.6) is 0 Å². The molecule has 1 heterocycles. The van der Waals surface area contributed by atoms with Crippen molar-refractivity contribution in [3.63, 3.8) is 0 Å². The molecule has 0 saturated carbocycles. The molecule has 0 spiro atoms. The molecular formula is C17H16N2O2S. The van der Waals surface area contributed by atoms with E-state index in [9.17, 15) is 4.79 Å². The summed E-state index contributed by atoms with van der Waals surface area (Å²) in [6, 6.07) is 11.3. The number of hydrogen-bond donors (Lipinski definition) is 2. The van der Waals surface area contributed by atoms with Gasteiger partial charge in [0.1, 0.15) is 0 Å². The summed E-state index contributed by atoms with van der Waals surface area (Å²) in [6.07, 6.45) is 0.996. The number of carbonyl (C=O) groups is 1. The van der Waals surface area contributed by atoms with E-state index in [-0.39, 0.29) is 5.56 Å². The molecule has 2 aromatic carbocycles. The van der Waals surface area contributed by atoms with Gasteiger partial charge in [-0.15, -0.1) is 0 Å². The van der Waals surface area contributed by atoms with Crippen LogP contribution in [0.4, 0.5) is 10.8 Å². The summed E-state index contributed by atoms with van der Waals surface area (Å²) in [5.74, 6) is -0.931. The first-order valence-electron chi connectivity index (χ1n) is 7.07. The molecule has 22 heavy (non-hydrogen) atoms. The van der Waals surface area contributed by atoms with Crippen LogP contribution in [0.1, 0.15) is 28.4 Å². The van der Waals surface area contributed by atoms with E-state index in [4.69, 9.17) is 5.11 Å². The van der Waals surface area contributed by atoms with Crippen molar-refractivity contribution in [3.05, 3.63) is 53.1 Å². The molecule has 4 nitrogen and oxygen atoms in total. The Morgan fingerprint density at radius 2 is 2.09 bits per heavy atom. The van der Waals surface area contributed by atoms with Crippen LogP contribution >= 0.6 is 11.3 Å². The number of aromatic nitrogens is 1. The number of carboxylic acids is 1. The van der Waals surface area contributed by atoms with E-state index < -0.39 is 5.97 Å². The molecule has 0 saturated heterocycles. The van der Waals surface area contributed by atoms with Crippen LogP contribution in [0.15, 0.2) is 36.4 Å². The minimum atomic E-state index is -0.931. The average molecular weight is 312 g/mol. The molecule has 0 radical (unpaired) electrons. The smallest absolute Gasteiger partial charge is 0.335 e. The monoisotopic (exact) mass is 312 g/mol. The maximum Gasteiger partial charge on any atom is 0.335 e. The topological polar surface area (TPSA) is 62.2 Å². The third-order valence-electron chi connectivity index (χ3n) is 3.59. The first-order chi connectivity index (χ1) is 10.6. The normalized spacial score (nSPS) is 10.8. The summed E-state index contributed by atoms with van der Waals surface area (Å²) in [7, 11) is 0. The van der Waals surface area contributed by atoms with Crippen molar-refractivity contribution in [1.29, 1.82) is 0 Å². The molecule has 2 N–H and O–H groups in total. The Bertz CT molecular complexity index is 855. The van der Waals surface area contributed by atoms with Crippen molar-refractivity contribution < 1.29 is 9.90 Å². The van der Waals surface area contributed by atoms with Gasteiger partial charge in [0.25, 0.3) is 0 Å². The minimum Gasteiger partial charge on any atom is -0.478 e. The van der Waals surface area contributed by atoms with Gasteiger partial charge in [-0.1, -0.05) is 30.4 Å². The SMILES string of the molecule is CCc1ccc2nc(Nc3cc(C(=O)O)ccc3C)sc2c1. The Labute approximate surface area is 132 Å². The molecule has 1 aromatic heterocycles. The van der Waals surface area contributed by atoms with Gasteiger partial charge in [-0.25, -0.2) is 9.78 Å². The molecule has 3 rings (SSSR count). The second-order valence-corrected chi connectivity index (χ2v) is 6.17. The standard InChI is InChI=1S/C17H16N2O2S/c1-3-11-5-7-13-15(8-11)22-17(18-13)19-14-9-12(16(20)21)6-4-10(14)2/h4-9H,3H2,1-2H3,(H,18,19)(H,20,21). The summed E-state index contributed by atoms with van der Waals surface area (Å²) in [5.41, 5.74) is 4.26.